The summed E-state index contributed by atoms with van der Waals surface area (Å²) >= 11 is 0. The molecule has 1 unspecified atom stereocenters. The first kappa shape index (κ1) is 9.40. The van der Waals surface area contributed by atoms with Crippen LogP contribution in [0.1, 0.15) is 12.8 Å². The van der Waals surface area contributed by atoms with E-state index in [4.69, 9.17) is 0 Å². The van der Waals surface area contributed by atoms with Crippen LogP contribution in [0.15, 0.2) is 18.3 Å². The molecule has 1 aliphatic rings. The maximum Gasteiger partial charge on any atom is 0.141 e. The molecule has 2 rings (SSSR count). The van der Waals surface area contributed by atoms with Crippen LogP contribution in [-0.2, 0) is 0 Å². The van der Waals surface area contributed by atoms with Crippen molar-refractivity contribution in [2.24, 2.45) is 0 Å². The van der Waals surface area contributed by atoms with E-state index in [9.17, 15) is 9.50 Å². The second kappa shape index (κ2) is 3.92. The molecule has 3 nitrogen and oxygen atoms in total. The molecule has 0 spiro atoms. The molecule has 0 saturated carbocycles. The zero-order valence-corrected chi connectivity index (χ0v) is 7.86. The van der Waals surface area contributed by atoms with Crippen LogP contribution in [0.4, 0.5) is 10.2 Å². The average Bonchev–Trinajstić information content (AvgIpc) is 2.19. The van der Waals surface area contributed by atoms with Gasteiger partial charge >= 0.3 is 0 Å². The molecular weight excluding hydrogens is 183 g/mol. The van der Waals surface area contributed by atoms with Gasteiger partial charge in [0.05, 0.1) is 12.3 Å². The quantitative estimate of drug-likeness (QED) is 0.732. The lowest BCUT2D eigenvalue weighted by atomic mass is 10.1. The molecule has 2 heterocycles. The summed E-state index contributed by atoms with van der Waals surface area (Å²) in [5.41, 5.74) is 0. The zero-order valence-electron chi connectivity index (χ0n) is 7.86. The van der Waals surface area contributed by atoms with Gasteiger partial charge in [0.25, 0.3) is 0 Å². The van der Waals surface area contributed by atoms with Crippen molar-refractivity contribution in [3.05, 3.63) is 24.1 Å². The van der Waals surface area contributed by atoms with Gasteiger partial charge in [-0.3, -0.25) is 0 Å². The third kappa shape index (κ3) is 2.01. The van der Waals surface area contributed by atoms with Gasteiger partial charge in [0.1, 0.15) is 11.6 Å². The number of aliphatic hydroxyl groups excluding tert-OH is 1. The number of rotatable bonds is 1. The first-order chi connectivity index (χ1) is 6.75. The third-order valence-electron chi connectivity index (χ3n) is 2.43. The number of pyridine rings is 1. The minimum Gasteiger partial charge on any atom is -0.391 e. The van der Waals surface area contributed by atoms with Crippen molar-refractivity contribution in [1.82, 2.24) is 4.98 Å². The van der Waals surface area contributed by atoms with E-state index in [0.717, 1.165) is 25.2 Å². The van der Waals surface area contributed by atoms with Crippen LogP contribution in [0.25, 0.3) is 0 Å². The molecule has 1 aliphatic heterocycles. The summed E-state index contributed by atoms with van der Waals surface area (Å²) in [5.74, 6) is 0.413. The molecule has 1 aromatic rings. The molecule has 0 bridgehead atoms. The number of β-amino-alcohol motifs (C(OH)–C–C–N with tert-alkyl or cyclic N) is 1. The van der Waals surface area contributed by atoms with E-state index in [0.29, 0.717) is 6.54 Å². The Hall–Kier alpha value is -1.16. The molecule has 0 radical (unpaired) electrons. The van der Waals surface area contributed by atoms with Gasteiger partial charge in [-0.1, -0.05) is 0 Å². The Kier molecular flexibility index (Phi) is 2.63. The lowest BCUT2D eigenvalue weighted by Gasteiger charge is -2.30. The van der Waals surface area contributed by atoms with E-state index in [1.54, 1.807) is 6.07 Å². The summed E-state index contributed by atoms with van der Waals surface area (Å²) in [4.78, 5) is 5.96. The van der Waals surface area contributed by atoms with Crippen molar-refractivity contribution in [2.45, 2.75) is 18.9 Å². The highest BCUT2D eigenvalue weighted by Gasteiger charge is 2.18. The minimum absolute atomic E-state index is 0.282. The van der Waals surface area contributed by atoms with Crippen molar-refractivity contribution in [1.29, 1.82) is 0 Å². The highest BCUT2D eigenvalue weighted by molar-refractivity contribution is 5.38. The highest BCUT2D eigenvalue weighted by Crippen LogP contribution is 2.17. The van der Waals surface area contributed by atoms with Crippen LogP contribution in [0.3, 0.4) is 0 Å². The Labute approximate surface area is 82.2 Å². The maximum absolute atomic E-state index is 12.6. The summed E-state index contributed by atoms with van der Waals surface area (Å²) in [6.07, 6.45) is 2.73. The smallest absolute Gasteiger partial charge is 0.141 e. The lowest BCUT2D eigenvalue weighted by Crippen LogP contribution is -2.38. The molecule has 14 heavy (non-hydrogen) atoms. The molecule has 1 N–H and O–H groups in total. The van der Waals surface area contributed by atoms with E-state index in [2.05, 4.69) is 4.98 Å². The number of piperidine rings is 1. The van der Waals surface area contributed by atoms with Gasteiger partial charge in [-0.25, -0.2) is 9.37 Å². The molecule has 1 saturated heterocycles. The summed E-state index contributed by atoms with van der Waals surface area (Å²) in [7, 11) is 0. The Morgan fingerprint density at radius 2 is 2.36 bits per heavy atom. The van der Waals surface area contributed by atoms with E-state index in [1.165, 1.54) is 12.3 Å². The normalized spacial score (nSPS) is 22.4. The first-order valence-electron chi connectivity index (χ1n) is 4.80. The van der Waals surface area contributed by atoms with Crippen LogP contribution < -0.4 is 4.90 Å². The van der Waals surface area contributed by atoms with Gasteiger partial charge in [-0.2, -0.15) is 0 Å². The number of aliphatic hydroxyl groups is 1. The Balaban J connectivity index is 2.10. The van der Waals surface area contributed by atoms with Gasteiger partial charge in [0, 0.05) is 13.1 Å². The Bertz CT molecular complexity index is 301. The monoisotopic (exact) mass is 196 g/mol. The van der Waals surface area contributed by atoms with Gasteiger partial charge in [0.2, 0.25) is 0 Å². The van der Waals surface area contributed by atoms with Crippen molar-refractivity contribution in [3.63, 3.8) is 0 Å². The number of hydrogen-bond acceptors (Lipinski definition) is 3. The van der Waals surface area contributed by atoms with Gasteiger partial charge in [-0.05, 0) is 25.0 Å². The van der Waals surface area contributed by atoms with Crippen LogP contribution in [0, 0.1) is 5.82 Å². The molecule has 1 aromatic heterocycles. The predicted octanol–water partition coefficient (Wildman–Crippen LogP) is 1.18. The summed E-state index contributed by atoms with van der Waals surface area (Å²) in [6, 6.07) is 3.04. The van der Waals surface area contributed by atoms with Gasteiger partial charge in [-0.15, -0.1) is 0 Å². The number of hydrogen-bond donors (Lipinski definition) is 1. The molecule has 0 amide bonds. The van der Waals surface area contributed by atoms with Crippen molar-refractivity contribution < 1.29 is 9.50 Å². The fourth-order valence-corrected chi connectivity index (χ4v) is 1.72. The van der Waals surface area contributed by atoms with E-state index in [1.807, 2.05) is 4.90 Å². The van der Waals surface area contributed by atoms with Crippen LogP contribution >= 0.6 is 0 Å². The van der Waals surface area contributed by atoms with Crippen LogP contribution in [0.5, 0.6) is 0 Å². The molecule has 76 valence electrons. The Morgan fingerprint density at radius 3 is 3.00 bits per heavy atom. The molecule has 0 aliphatic carbocycles. The first-order valence-corrected chi connectivity index (χ1v) is 4.80. The minimum atomic E-state index is -0.327. The van der Waals surface area contributed by atoms with E-state index >= 15 is 0 Å². The highest BCUT2D eigenvalue weighted by atomic mass is 19.1. The molecular formula is C10H13FN2O. The molecule has 1 fully saturated rings. The van der Waals surface area contributed by atoms with Crippen molar-refractivity contribution in [2.75, 3.05) is 18.0 Å². The van der Waals surface area contributed by atoms with E-state index in [-0.39, 0.29) is 11.9 Å². The van der Waals surface area contributed by atoms with Crippen LogP contribution in [-0.4, -0.2) is 29.3 Å². The average molecular weight is 196 g/mol. The molecule has 4 heteroatoms. The maximum atomic E-state index is 12.6. The fourth-order valence-electron chi connectivity index (χ4n) is 1.72. The van der Waals surface area contributed by atoms with Crippen molar-refractivity contribution in [3.8, 4) is 0 Å². The van der Waals surface area contributed by atoms with Crippen LogP contribution in [0.2, 0.25) is 0 Å². The topological polar surface area (TPSA) is 36.4 Å². The summed E-state index contributed by atoms with van der Waals surface area (Å²) in [5, 5.41) is 9.45. The van der Waals surface area contributed by atoms with Gasteiger partial charge in [0.15, 0.2) is 0 Å². The number of halogens is 1. The summed E-state index contributed by atoms with van der Waals surface area (Å²) < 4.78 is 12.6. The number of anilines is 1. The second-order valence-corrected chi connectivity index (χ2v) is 3.58. The second-order valence-electron chi connectivity index (χ2n) is 3.58. The number of aromatic nitrogens is 1. The summed E-state index contributed by atoms with van der Waals surface area (Å²) in [6.45, 7) is 1.48. The van der Waals surface area contributed by atoms with E-state index < -0.39 is 0 Å². The zero-order chi connectivity index (χ0) is 9.97. The molecule has 1 atom stereocenters. The molecule has 0 aromatic carbocycles. The largest absolute Gasteiger partial charge is 0.391 e. The predicted molar refractivity (Wildman–Crippen MR) is 51.6 cm³/mol. The SMILES string of the molecule is OC1CCCN(c2ccc(F)cn2)C1. The Morgan fingerprint density at radius 1 is 1.50 bits per heavy atom. The fraction of sp³-hybridized carbons (Fsp3) is 0.500. The standard InChI is InChI=1S/C10H13FN2O/c11-8-3-4-10(12-6-8)13-5-1-2-9(14)7-13/h3-4,6,9,14H,1-2,5,7H2. The lowest BCUT2D eigenvalue weighted by molar-refractivity contribution is 0.154. The van der Waals surface area contributed by atoms with Crippen molar-refractivity contribution >= 4 is 5.82 Å². The van der Waals surface area contributed by atoms with Gasteiger partial charge < -0.3 is 10.0 Å². The number of nitrogens with zero attached hydrogens (tertiary/aromatic N) is 2. The third-order valence-corrected chi connectivity index (χ3v) is 2.43.